The molecule has 33 heavy (non-hydrogen) atoms. The minimum absolute atomic E-state index is 0.136. The number of thiazole rings is 2. The number of benzene rings is 2. The topological polar surface area (TPSA) is 72.3 Å². The molecule has 2 heterocycles. The standard InChI is InChI=1S/C22H16F4N2O3S2/c1-10-3-6-15(20-19(10)28-17(33-20)8-18(29)30)31-9-16-11(2)27-21(32-16)12-4-5-13(14(23)7-12)22(24,25)26/h3-7H,8-9H2,1-2H3,(H,29,30). The third-order valence-electron chi connectivity index (χ3n) is 4.83. The first-order valence-electron chi connectivity index (χ1n) is 9.60. The average molecular weight is 497 g/mol. The lowest BCUT2D eigenvalue weighted by molar-refractivity contribution is -0.140. The first-order chi connectivity index (χ1) is 15.5. The van der Waals surface area contributed by atoms with Crippen LogP contribution in [0, 0.1) is 19.7 Å². The van der Waals surface area contributed by atoms with Gasteiger partial charge in [0.15, 0.2) is 0 Å². The Morgan fingerprint density at radius 3 is 2.55 bits per heavy atom. The van der Waals surface area contributed by atoms with Crippen molar-refractivity contribution in [1.29, 1.82) is 0 Å². The Morgan fingerprint density at radius 1 is 1.12 bits per heavy atom. The molecule has 4 aromatic rings. The quantitative estimate of drug-likeness (QED) is 0.313. The predicted molar refractivity (Wildman–Crippen MR) is 117 cm³/mol. The molecule has 5 nitrogen and oxygen atoms in total. The molecule has 0 fully saturated rings. The summed E-state index contributed by atoms with van der Waals surface area (Å²) in [6, 6.07) is 6.34. The number of carboxylic acid groups (broad SMARTS) is 1. The summed E-state index contributed by atoms with van der Waals surface area (Å²) in [7, 11) is 0. The lowest BCUT2D eigenvalue weighted by atomic mass is 10.1. The molecule has 0 amide bonds. The summed E-state index contributed by atoms with van der Waals surface area (Å²) in [5.74, 6) is -1.78. The van der Waals surface area contributed by atoms with Crippen molar-refractivity contribution in [3.05, 3.63) is 62.9 Å². The van der Waals surface area contributed by atoms with Crippen LogP contribution < -0.4 is 4.74 Å². The molecule has 0 aliphatic carbocycles. The SMILES string of the molecule is Cc1nc(-c2ccc(C(F)(F)F)c(F)c2)sc1COc1ccc(C)c2nc(CC(=O)O)sc12. The normalized spacial score (nSPS) is 11.8. The maximum Gasteiger partial charge on any atom is 0.419 e. The van der Waals surface area contributed by atoms with Gasteiger partial charge in [-0.25, -0.2) is 14.4 Å². The number of aryl methyl sites for hydroxylation is 2. The highest BCUT2D eigenvalue weighted by atomic mass is 32.1. The number of nitrogens with zero attached hydrogens (tertiary/aromatic N) is 2. The molecule has 0 radical (unpaired) electrons. The van der Waals surface area contributed by atoms with Crippen molar-refractivity contribution in [3.8, 4) is 16.3 Å². The summed E-state index contributed by atoms with van der Waals surface area (Å²) in [6.45, 7) is 3.75. The van der Waals surface area contributed by atoms with Gasteiger partial charge in [-0.1, -0.05) is 12.1 Å². The largest absolute Gasteiger partial charge is 0.486 e. The van der Waals surface area contributed by atoms with Gasteiger partial charge in [0, 0.05) is 5.56 Å². The highest BCUT2D eigenvalue weighted by Gasteiger charge is 2.34. The number of aliphatic carboxylic acids is 1. The number of carbonyl (C=O) groups is 1. The number of hydrogen-bond acceptors (Lipinski definition) is 6. The summed E-state index contributed by atoms with van der Waals surface area (Å²) in [6.07, 6.45) is -4.94. The van der Waals surface area contributed by atoms with E-state index in [4.69, 9.17) is 9.84 Å². The highest BCUT2D eigenvalue weighted by Crippen LogP contribution is 2.37. The maximum absolute atomic E-state index is 14.0. The third-order valence-corrected chi connectivity index (χ3v) is 7.08. The van der Waals surface area contributed by atoms with Crippen LogP contribution >= 0.6 is 22.7 Å². The molecule has 4 rings (SSSR count). The zero-order valence-corrected chi connectivity index (χ0v) is 18.9. The number of halogens is 4. The molecule has 2 aromatic heterocycles. The number of alkyl halides is 3. The van der Waals surface area contributed by atoms with E-state index in [9.17, 15) is 22.4 Å². The second-order valence-corrected chi connectivity index (χ2v) is 9.41. The summed E-state index contributed by atoms with van der Waals surface area (Å²) in [5, 5.41) is 9.89. The van der Waals surface area contributed by atoms with Crippen molar-refractivity contribution in [2.75, 3.05) is 0 Å². The highest BCUT2D eigenvalue weighted by molar-refractivity contribution is 7.19. The number of aromatic nitrogens is 2. The van der Waals surface area contributed by atoms with Crippen LogP contribution in [0.2, 0.25) is 0 Å². The molecule has 11 heteroatoms. The molecule has 0 saturated carbocycles. The lowest BCUT2D eigenvalue weighted by Crippen LogP contribution is -2.07. The van der Waals surface area contributed by atoms with Crippen LogP contribution in [-0.4, -0.2) is 21.0 Å². The zero-order valence-electron chi connectivity index (χ0n) is 17.3. The minimum atomic E-state index is -4.76. The molecule has 2 aromatic carbocycles. The smallest absolute Gasteiger partial charge is 0.419 e. The van der Waals surface area contributed by atoms with E-state index in [0.29, 0.717) is 33.0 Å². The van der Waals surface area contributed by atoms with Crippen LogP contribution in [0.1, 0.15) is 26.7 Å². The van der Waals surface area contributed by atoms with Gasteiger partial charge in [0.25, 0.3) is 0 Å². The molecule has 0 atom stereocenters. The first kappa shape index (κ1) is 23.1. The van der Waals surface area contributed by atoms with Gasteiger partial charge >= 0.3 is 12.1 Å². The number of ether oxygens (including phenoxy) is 1. The number of fused-ring (bicyclic) bond motifs is 1. The lowest BCUT2D eigenvalue weighted by Gasteiger charge is -2.08. The monoisotopic (exact) mass is 496 g/mol. The van der Waals surface area contributed by atoms with Crippen LogP contribution in [0.3, 0.4) is 0 Å². The fraction of sp³-hybridized carbons (Fsp3) is 0.227. The van der Waals surface area contributed by atoms with Gasteiger partial charge in [-0.3, -0.25) is 4.79 Å². The molecule has 0 bridgehead atoms. The van der Waals surface area contributed by atoms with Crippen molar-refractivity contribution < 1.29 is 32.2 Å². The maximum atomic E-state index is 14.0. The van der Waals surface area contributed by atoms with Crippen LogP contribution in [0.5, 0.6) is 5.75 Å². The first-order valence-corrected chi connectivity index (χ1v) is 11.2. The molecule has 0 unspecified atom stereocenters. The van der Waals surface area contributed by atoms with Crippen molar-refractivity contribution in [3.63, 3.8) is 0 Å². The zero-order chi connectivity index (χ0) is 23.9. The van der Waals surface area contributed by atoms with E-state index in [2.05, 4.69) is 9.97 Å². The summed E-state index contributed by atoms with van der Waals surface area (Å²) >= 11 is 2.45. The predicted octanol–water partition coefficient (Wildman–Crippen LogP) is 6.40. The summed E-state index contributed by atoms with van der Waals surface area (Å²) < 4.78 is 59.1. The Hall–Kier alpha value is -3.05. The molecule has 0 spiro atoms. The molecule has 1 N–H and O–H groups in total. The number of hydrogen-bond donors (Lipinski definition) is 1. The number of carboxylic acids is 1. The average Bonchev–Trinajstić information content (AvgIpc) is 3.30. The van der Waals surface area contributed by atoms with Crippen LogP contribution in [0.25, 0.3) is 20.8 Å². The summed E-state index contributed by atoms with van der Waals surface area (Å²) in [5.41, 5.74) is 1.12. The van der Waals surface area contributed by atoms with Crippen molar-refractivity contribution in [2.45, 2.75) is 33.1 Å². The second kappa shape index (κ2) is 8.71. The Labute approximate surface area is 193 Å². The Kier molecular flexibility index (Phi) is 6.10. The molecular weight excluding hydrogens is 480 g/mol. The van der Waals surface area contributed by atoms with Gasteiger partial charge in [0.1, 0.15) is 28.2 Å². The van der Waals surface area contributed by atoms with Gasteiger partial charge in [0.2, 0.25) is 0 Å². The molecule has 0 aliphatic heterocycles. The van der Waals surface area contributed by atoms with Crippen molar-refractivity contribution in [1.82, 2.24) is 9.97 Å². The Morgan fingerprint density at radius 2 is 1.88 bits per heavy atom. The Balaban J connectivity index is 1.58. The summed E-state index contributed by atoms with van der Waals surface area (Å²) in [4.78, 5) is 20.5. The van der Waals surface area contributed by atoms with E-state index in [0.717, 1.165) is 21.2 Å². The number of rotatable bonds is 6. The second-order valence-electron chi connectivity index (χ2n) is 7.25. The minimum Gasteiger partial charge on any atom is -0.486 e. The van der Waals surface area contributed by atoms with Gasteiger partial charge in [-0.15, -0.1) is 22.7 Å². The van der Waals surface area contributed by atoms with Gasteiger partial charge in [-0.2, -0.15) is 13.2 Å². The van der Waals surface area contributed by atoms with Crippen molar-refractivity contribution in [2.24, 2.45) is 0 Å². The molecule has 172 valence electrons. The van der Waals surface area contributed by atoms with E-state index < -0.39 is 23.5 Å². The molecule has 0 aliphatic rings. The third kappa shape index (κ3) is 4.83. The van der Waals surface area contributed by atoms with Gasteiger partial charge < -0.3 is 9.84 Å². The van der Waals surface area contributed by atoms with Crippen LogP contribution in [-0.2, 0) is 24.0 Å². The van der Waals surface area contributed by atoms with E-state index >= 15 is 0 Å². The van der Waals surface area contributed by atoms with E-state index in [-0.39, 0.29) is 18.6 Å². The fourth-order valence-corrected chi connectivity index (χ4v) is 5.25. The van der Waals surface area contributed by atoms with Crippen LogP contribution in [0.15, 0.2) is 30.3 Å². The van der Waals surface area contributed by atoms with E-state index in [1.165, 1.54) is 28.7 Å². The molecular formula is C22H16F4N2O3S2. The molecule has 0 saturated heterocycles. The van der Waals surface area contributed by atoms with Crippen LogP contribution in [0.4, 0.5) is 17.6 Å². The van der Waals surface area contributed by atoms with E-state index in [1.54, 1.807) is 13.0 Å². The fourth-order valence-electron chi connectivity index (χ4n) is 3.18. The van der Waals surface area contributed by atoms with E-state index in [1.807, 2.05) is 13.0 Å². The van der Waals surface area contributed by atoms with Crippen molar-refractivity contribution >= 4 is 38.9 Å². The van der Waals surface area contributed by atoms with Gasteiger partial charge in [-0.05, 0) is 37.6 Å². The van der Waals surface area contributed by atoms with Gasteiger partial charge in [0.05, 0.1) is 32.8 Å². The Bertz CT molecular complexity index is 1360.